The van der Waals surface area contributed by atoms with E-state index in [0.717, 1.165) is 24.0 Å². The Morgan fingerprint density at radius 2 is 1.59 bits per heavy atom. The first-order chi connectivity index (χ1) is 15.2. The maximum absolute atomic E-state index is 12.9. The monoisotopic (exact) mass is 470 g/mol. The van der Waals surface area contributed by atoms with E-state index in [2.05, 4.69) is 34.3 Å². The molecule has 2 N–H and O–H groups in total. The fraction of sp³-hybridized carbons (Fsp3) is 0.240. The van der Waals surface area contributed by atoms with Gasteiger partial charge >= 0.3 is 0 Å². The van der Waals surface area contributed by atoms with E-state index in [0.29, 0.717) is 12.2 Å². The molecule has 0 unspecified atom stereocenters. The van der Waals surface area contributed by atoms with Crippen LogP contribution < -0.4 is 10.0 Å². The molecule has 0 aliphatic carbocycles. The summed E-state index contributed by atoms with van der Waals surface area (Å²) in [5, 5.41) is 2.90. The summed E-state index contributed by atoms with van der Waals surface area (Å²) < 4.78 is 28.5. The van der Waals surface area contributed by atoms with Gasteiger partial charge in [-0.05, 0) is 69.0 Å². The molecule has 3 rings (SSSR count). The zero-order valence-corrected chi connectivity index (χ0v) is 20.0. The number of aryl methyl sites for hydroxylation is 4. The van der Waals surface area contributed by atoms with Gasteiger partial charge in [0.25, 0.3) is 15.9 Å². The fourth-order valence-electron chi connectivity index (χ4n) is 3.33. The predicted molar refractivity (Wildman–Crippen MR) is 130 cm³/mol. The molecule has 0 fully saturated rings. The van der Waals surface area contributed by atoms with Gasteiger partial charge in [-0.1, -0.05) is 59.1 Å². The Morgan fingerprint density at radius 3 is 2.28 bits per heavy atom. The Balaban J connectivity index is 1.67. The number of hydrogen-bond donors (Lipinski definition) is 2. The molecule has 5 nitrogen and oxygen atoms in total. The van der Waals surface area contributed by atoms with Crippen LogP contribution in [0.3, 0.4) is 0 Å². The van der Waals surface area contributed by atoms with Crippen LogP contribution >= 0.6 is 11.6 Å². The largest absolute Gasteiger partial charge is 0.352 e. The summed E-state index contributed by atoms with van der Waals surface area (Å²) >= 11 is 6.17. The van der Waals surface area contributed by atoms with Gasteiger partial charge in [0.15, 0.2) is 0 Å². The normalized spacial score (nSPS) is 11.2. The highest BCUT2D eigenvalue weighted by Gasteiger charge is 2.21. The third-order valence-electron chi connectivity index (χ3n) is 5.16. The van der Waals surface area contributed by atoms with Gasteiger partial charge in [0.2, 0.25) is 0 Å². The fourth-order valence-corrected chi connectivity index (χ4v) is 4.99. The lowest BCUT2D eigenvalue weighted by Gasteiger charge is -2.13. The van der Waals surface area contributed by atoms with E-state index < -0.39 is 10.0 Å². The molecule has 0 saturated carbocycles. The molecule has 0 bridgehead atoms. The number of hydrogen-bond acceptors (Lipinski definition) is 3. The third-order valence-corrected chi connectivity index (χ3v) is 7.00. The molecule has 3 aromatic rings. The van der Waals surface area contributed by atoms with Gasteiger partial charge in [-0.25, -0.2) is 8.42 Å². The topological polar surface area (TPSA) is 75.3 Å². The summed E-state index contributed by atoms with van der Waals surface area (Å²) in [5.74, 6) is -0.339. The van der Waals surface area contributed by atoms with E-state index in [1.165, 1.54) is 29.3 Å². The highest BCUT2D eigenvalue weighted by molar-refractivity contribution is 7.92. The zero-order chi connectivity index (χ0) is 23.3. The molecular weight excluding hydrogens is 444 g/mol. The van der Waals surface area contributed by atoms with Gasteiger partial charge < -0.3 is 5.32 Å². The predicted octanol–water partition coefficient (Wildman–Crippen LogP) is 5.43. The molecule has 0 saturated heterocycles. The SMILES string of the molecule is Cc1ccc(CCCNC(=O)c2ccc(Cl)c(S(=O)(=O)Nc3ccc(C)cc3C)c2)cc1. The van der Waals surface area contributed by atoms with E-state index in [1.54, 1.807) is 6.07 Å². The van der Waals surface area contributed by atoms with E-state index in [4.69, 9.17) is 11.6 Å². The molecule has 0 radical (unpaired) electrons. The maximum Gasteiger partial charge on any atom is 0.263 e. The van der Waals surface area contributed by atoms with Crippen molar-refractivity contribution >= 4 is 33.2 Å². The van der Waals surface area contributed by atoms with Crippen molar-refractivity contribution in [1.29, 1.82) is 0 Å². The zero-order valence-electron chi connectivity index (χ0n) is 18.4. The third kappa shape index (κ3) is 6.11. The van der Waals surface area contributed by atoms with Gasteiger partial charge in [-0.2, -0.15) is 0 Å². The molecule has 1 amide bonds. The van der Waals surface area contributed by atoms with Crippen LogP contribution in [0.2, 0.25) is 5.02 Å². The highest BCUT2D eigenvalue weighted by Crippen LogP contribution is 2.26. The lowest BCUT2D eigenvalue weighted by molar-refractivity contribution is 0.0953. The van der Waals surface area contributed by atoms with Crippen LogP contribution in [0.25, 0.3) is 0 Å². The lowest BCUT2D eigenvalue weighted by Crippen LogP contribution is -2.25. The Morgan fingerprint density at radius 1 is 0.906 bits per heavy atom. The number of amides is 1. The second-order valence-corrected chi connectivity index (χ2v) is 9.97. The van der Waals surface area contributed by atoms with Crippen molar-refractivity contribution < 1.29 is 13.2 Å². The van der Waals surface area contributed by atoms with Gasteiger partial charge in [-0.3, -0.25) is 9.52 Å². The number of sulfonamides is 1. The van der Waals surface area contributed by atoms with Crippen molar-refractivity contribution in [2.75, 3.05) is 11.3 Å². The second kappa shape index (κ2) is 10.2. The summed E-state index contributed by atoms with van der Waals surface area (Å²) in [6.07, 6.45) is 1.63. The minimum Gasteiger partial charge on any atom is -0.352 e. The summed E-state index contributed by atoms with van der Waals surface area (Å²) in [5.41, 5.74) is 4.96. The first-order valence-corrected chi connectivity index (χ1v) is 12.3. The van der Waals surface area contributed by atoms with Crippen LogP contribution in [-0.4, -0.2) is 20.9 Å². The van der Waals surface area contributed by atoms with Crippen molar-refractivity contribution in [1.82, 2.24) is 5.32 Å². The van der Waals surface area contributed by atoms with Crippen LogP contribution in [0, 0.1) is 20.8 Å². The molecule has 0 heterocycles. The Kier molecular flexibility index (Phi) is 7.59. The highest BCUT2D eigenvalue weighted by atomic mass is 35.5. The lowest BCUT2D eigenvalue weighted by atomic mass is 10.1. The average molecular weight is 471 g/mol. The summed E-state index contributed by atoms with van der Waals surface area (Å²) in [7, 11) is -3.96. The molecule has 0 aliphatic rings. The Labute approximate surface area is 194 Å². The number of carbonyl (C=O) groups excluding carboxylic acids is 1. The molecule has 0 atom stereocenters. The standard InChI is InChI=1S/C25H27ClN2O3S/c1-17-6-9-20(10-7-17)5-4-14-27-25(29)21-11-12-22(26)24(16-21)32(30,31)28-23-13-8-18(2)15-19(23)3/h6-13,15-16,28H,4-5,14H2,1-3H3,(H,27,29). The number of nitrogens with one attached hydrogen (secondary N) is 2. The second-order valence-electron chi connectivity index (χ2n) is 7.91. The summed E-state index contributed by atoms with van der Waals surface area (Å²) in [6, 6.07) is 18.0. The minimum absolute atomic E-state index is 0.0539. The Hall–Kier alpha value is -2.83. The molecule has 168 valence electrons. The summed E-state index contributed by atoms with van der Waals surface area (Å²) in [4.78, 5) is 12.4. The van der Waals surface area contributed by atoms with Crippen LogP contribution in [-0.2, 0) is 16.4 Å². The van der Waals surface area contributed by atoms with Crippen molar-refractivity contribution in [2.45, 2.75) is 38.5 Å². The van der Waals surface area contributed by atoms with E-state index >= 15 is 0 Å². The number of rotatable bonds is 8. The number of halogens is 1. The van der Waals surface area contributed by atoms with Crippen LogP contribution in [0.1, 0.15) is 39.0 Å². The first kappa shape index (κ1) is 23.8. The van der Waals surface area contributed by atoms with Crippen LogP contribution in [0.5, 0.6) is 0 Å². The molecule has 0 aromatic heterocycles. The number of benzene rings is 3. The van der Waals surface area contributed by atoms with Gasteiger partial charge in [-0.15, -0.1) is 0 Å². The first-order valence-electron chi connectivity index (χ1n) is 10.4. The molecule has 3 aromatic carbocycles. The average Bonchev–Trinajstić information content (AvgIpc) is 2.74. The minimum atomic E-state index is -3.96. The molecule has 0 aliphatic heterocycles. The van der Waals surface area contributed by atoms with E-state index in [-0.39, 0.29) is 21.4 Å². The quantitative estimate of drug-likeness (QED) is 0.431. The molecular formula is C25H27ClN2O3S. The van der Waals surface area contributed by atoms with E-state index in [1.807, 2.05) is 32.9 Å². The van der Waals surface area contributed by atoms with E-state index in [9.17, 15) is 13.2 Å². The van der Waals surface area contributed by atoms with Crippen molar-refractivity contribution in [2.24, 2.45) is 0 Å². The van der Waals surface area contributed by atoms with Gasteiger partial charge in [0, 0.05) is 12.1 Å². The smallest absolute Gasteiger partial charge is 0.263 e. The van der Waals surface area contributed by atoms with Crippen LogP contribution in [0.4, 0.5) is 5.69 Å². The van der Waals surface area contributed by atoms with Crippen molar-refractivity contribution in [3.63, 3.8) is 0 Å². The summed E-state index contributed by atoms with van der Waals surface area (Å²) in [6.45, 7) is 6.29. The maximum atomic E-state index is 12.9. The van der Waals surface area contributed by atoms with Gasteiger partial charge in [0.05, 0.1) is 10.7 Å². The number of carbonyl (C=O) groups is 1. The number of anilines is 1. The Bertz CT molecular complexity index is 1220. The van der Waals surface area contributed by atoms with Gasteiger partial charge in [0.1, 0.15) is 4.90 Å². The molecule has 32 heavy (non-hydrogen) atoms. The molecule has 0 spiro atoms. The van der Waals surface area contributed by atoms with Crippen LogP contribution in [0.15, 0.2) is 65.6 Å². The molecule has 7 heteroatoms. The van der Waals surface area contributed by atoms with Crippen molar-refractivity contribution in [3.05, 3.63) is 93.5 Å². The van der Waals surface area contributed by atoms with Crippen molar-refractivity contribution in [3.8, 4) is 0 Å².